The zero-order chi connectivity index (χ0) is 30.6. The summed E-state index contributed by atoms with van der Waals surface area (Å²) in [5.41, 5.74) is 1.53. The van der Waals surface area contributed by atoms with Crippen LogP contribution in [0.1, 0.15) is 93.5 Å². The zero-order valence-electron chi connectivity index (χ0n) is 26.6. The molecule has 0 radical (unpaired) electrons. The number of fused-ring (bicyclic) bond motifs is 2. The molecule has 4 rings (SSSR count). The number of para-hydroxylation sites is 1. The minimum Gasteiger partial charge on any atom is -0.493 e. The maximum atomic E-state index is 14.0. The van der Waals surface area contributed by atoms with Gasteiger partial charge in [0.05, 0.1) is 32.9 Å². The predicted molar refractivity (Wildman–Crippen MR) is 169 cm³/mol. The van der Waals surface area contributed by atoms with E-state index in [9.17, 15) is 9.59 Å². The number of rotatable bonds is 8. The minimum absolute atomic E-state index is 0.0337. The maximum Gasteiger partial charge on any atom is 0.257 e. The number of aryl methyl sites for hydroxylation is 1. The Bertz CT molecular complexity index is 1200. The topological polar surface area (TPSA) is 77.5 Å². The summed E-state index contributed by atoms with van der Waals surface area (Å²) in [6.07, 6.45) is 10.7. The summed E-state index contributed by atoms with van der Waals surface area (Å²) in [7, 11) is 4.80. The van der Waals surface area contributed by atoms with E-state index in [4.69, 9.17) is 18.9 Å². The van der Waals surface area contributed by atoms with Crippen LogP contribution in [0.5, 0.6) is 23.0 Å². The molecule has 2 atom stereocenters. The number of ether oxygens (including phenoxy) is 4. The van der Waals surface area contributed by atoms with E-state index in [-0.39, 0.29) is 24.0 Å². The molecular weight excluding hydrogens is 544 g/mol. The van der Waals surface area contributed by atoms with Gasteiger partial charge in [0.15, 0.2) is 11.5 Å². The lowest BCUT2D eigenvalue weighted by molar-refractivity contribution is -0.136. The second kappa shape index (κ2) is 16.4. The van der Waals surface area contributed by atoms with Gasteiger partial charge in [0.1, 0.15) is 11.9 Å². The van der Waals surface area contributed by atoms with Gasteiger partial charge in [0, 0.05) is 26.1 Å². The van der Waals surface area contributed by atoms with Crippen LogP contribution in [0.4, 0.5) is 0 Å². The van der Waals surface area contributed by atoms with E-state index in [1.807, 2.05) is 41.3 Å². The van der Waals surface area contributed by atoms with E-state index >= 15 is 0 Å². The number of hydrogen-bond acceptors (Lipinski definition) is 6. The van der Waals surface area contributed by atoms with Crippen molar-refractivity contribution in [1.29, 1.82) is 0 Å². The highest BCUT2D eigenvalue weighted by Gasteiger charge is 2.35. The first-order valence-corrected chi connectivity index (χ1v) is 16.1. The lowest BCUT2D eigenvalue weighted by Crippen LogP contribution is -2.51. The molecule has 8 nitrogen and oxygen atoms in total. The second-order valence-corrected chi connectivity index (χ2v) is 11.6. The lowest BCUT2D eigenvalue weighted by Gasteiger charge is -2.40. The zero-order valence-corrected chi connectivity index (χ0v) is 26.6. The molecule has 2 amide bonds. The Kier molecular flexibility index (Phi) is 12.4. The molecule has 43 heavy (non-hydrogen) atoms. The highest BCUT2D eigenvalue weighted by atomic mass is 16.5. The summed E-state index contributed by atoms with van der Waals surface area (Å²) in [6, 6.07) is 11.4. The van der Waals surface area contributed by atoms with Gasteiger partial charge in [-0.25, -0.2) is 0 Å². The van der Waals surface area contributed by atoms with Crippen LogP contribution in [0, 0.1) is 0 Å². The van der Waals surface area contributed by atoms with Crippen LogP contribution in [0.3, 0.4) is 0 Å². The summed E-state index contributed by atoms with van der Waals surface area (Å²) in [5.74, 6) is 2.53. The second-order valence-electron chi connectivity index (χ2n) is 11.6. The fraction of sp³-hybridized carbons (Fsp3) is 0.600. The van der Waals surface area contributed by atoms with Gasteiger partial charge in [0.2, 0.25) is 11.7 Å². The van der Waals surface area contributed by atoms with E-state index in [2.05, 4.69) is 11.8 Å². The van der Waals surface area contributed by atoms with E-state index in [1.54, 1.807) is 21.3 Å². The Balaban J connectivity index is 1.59. The lowest BCUT2D eigenvalue weighted by atomic mass is 9.90. The van der Waals surface area contributed by atoms with Crippen molar-refractivity contribution in [3.63, 3.8) is 0 Å². The molecule has 8 heteroatoms. The van der Waals surface area contributed by atoms with Crippen LogP contribution < -0.4 is 18.9 Å². The normalized spacial score (nSPS) is 20.1. The van der Waals surface area contributed by atoms with Gasteiger partial charge in [-0.2, -0.15) is 0 Å². The van der Waals surface area contributed by atoms with Gasteiger partial charge in [-0.05, 0) is 68.7 Å². The summed E-state index contributed by atoms with van der Waals surface area (Å²) in [4.78, 5) is 31.8. The summed E-state index contributed by atoms with van der Waals surface area (Å²) >= 11 is 0. The average molecular weight is 595 g/mol. The van der Waals surface area contributed by atoms with Crippen molar-refractivity contribution in [2.75, 3.05) is 41.0 Å². The molecule has 2 aliphatic rings. The average Bonchev–Trinajstić information content (AvgIpc) is 3.04. The summed E-state index contributed by atoms with van der Waals surface area (Å²) in [5, 5.41) is 0. The summed E-state index contributed by atoms with van der Waals surface area (Å²) < 4.78 is 23.4. The highest BCUT2D eigenvalue weighted by molar-refractivity contribution is 5.97. The van der Waals surface area contributed by atoms with Crippen LogP contribution in [0.15, 0.2) is 36.4 Å². The largest absolute Gasteiger partial charge is 0.493 e. The van der Waals surface area contributed by atoms with Gasteiger partial charge in [-0.3, -0.25) is 9.59 Å². The third kappa shape index (κ3) is 8.15. The first-order valence-electron chi connectivity index (χ1n) is 16.1. The monoisotopic (exact) mass is 594 g/mol. The molecule has 0 saturated heterocycles. The smallest absolute Gasteiger partial charge is 0.257 e. The molecule has 236 valence electrons. The third-order valence-electron chi connectivity index (χ3n) is 8.79. The third-order valence-corrected chi connectivity index (χ3v) is 8.79. The molecule has 2 aromatic carbocycles. The van der Waals surface area contributed by atoms with Crippen LogP contribution in [0.2, 0.25) is 0 Å². The van der Waals surface area contributed by atoms with Crippen molar-refractivity contribution in [3.8, 4) is 23.0 Å². The minimum atomic E-state index is -0.160. The van der Waals surface area contributed by atoms with Gasteiger partial charge in [-0.15, -0.1) is 0 Å². The Labute approximate surface area is 257 Å². The number of methoxy groups -OCH3 is 3. The van der Waals surface area contributed by atoms with E-state index < -0.39 is 0 Å². The Morgan fingerprint density at radius 3 is 2.33 bits per heavy atom. The maximum absolute atomic E-state index is 14.0. The number of carbonyl (C=O) groups is 2. The standard InChI is InChI=1S/C35H50N2O6/c1-5-23-36-24-13-7-6-8-14-25-37(32(38)22-20-26-19-21-31(40-2)34(42-4)33(26)41-3)28-16-10-12-18-30(28)43-29-17-11-9-15-27(29)35(36)39/h9,11,15,17,19,21,28,30H,5-8,10,12-14,16,18,20,22-25H2,1-4H3/t28-,30+/m1/s1. The molecule has 1 heterocycles. The molecule has 0 N–H and O–H groups in total. The van der Waals surface area contributed by atoms with Crippen molar-refractivity contribution < 1.29 is 28.5 Å². The number of carbonyl (C=O) groups excluding carboxylic acids is 2. The SMILES string of the molecule is CCCN1CCCCCCCN(C(=O)CCc2ccc(OC)c(OC)c2OC)[C@@H]2CCCC[C@@H]2Oc2ccccc2C1=O. The predicted octanol–water partition coefficient (Wildman–Crippen LogP) is 6.68. The van der Waals surface area contributed by atoms with E-state index in [0.717, 1.165) is 89.4 Å². The number of hydrogen-bond donors (Lipinski definition) is 0. The molecule has 0 unspecified atom stereocenters. The Morgan fingerprint density at radius 1 is 0.860 bits per heavy atom. The van der Waals surface area contributed by atoms with Crippen molar-refractivity contribution >= 4 is 11.8 Å². The van der Waals surface area contributed by atoms with E-state index in [0.29, 0.717) is 41.4 Å². The Morgan fingerprint density at radius 2 is 1.58 bits per heavy atom. The van der Waals surface area contributed by atoms with Crippen molar-refractivity contribution in [3.05, 3.63) is 47.5 Å². The van der Waals surface area contributed by atoms with Crippen LogP contribution in [-0.2, 0) is 11.2 Å². The number of amides is 2. The van der Waals surface area contributed by atoms with Crippen LogP contribution in [0.25, 0.3) is 0 Å². The Hall–Kier alpha value is -3.42. The van der Waals surface area contributed by atoms with Gasteiger partial charge in [0.25, 0.3) is 5.91 Å². The first-order chi connectivity index (χ1) is 21.0. The first kappa shape index (κ1) is 32.5. The number of benzene rings is 2. The fourth-order valence-corrected chi connectivity index (χ4v) is 6.57. The van der Waals surface area contributed by atoms with Gasteiger partial charge < -0.3 is 28.7 Å². The molecule has 1 fully saturated rings. The molecule has 0 spiro atoms. The molecular formula is C35H50N2O6. The molecule has 1 aliphatic heterocycles. The molecule has 1 aliphatic carbocycles. The van der Waals surface area contributed by atoms with Crippen molar-refractivity contribution in [1.82, 2.24) is 9.80 Å². The van der Waals surface area contributed by atoms with Crippen LogP contribution >= 0.6 is 0 Å². The highest BCUT2D eigenvalue weighted by Crippen LogP contribution is 2.40. The summed E-state index contributed by atoms with van der Waals surface area (Å²) in [6.45, 7) is 4.34. The molecule has 1 saturated carbocycles. The van der Waals surface area contributed by atoms with Crippen molar-refractivity contribution in [2.45, 2.75) is 96.1 Å². The molecule has 0 bridgehead atoms. The van der Waals surface area contributed by atoms with E-state index in [1.165, 1.54) is 0 Å². The van der Waals surface area contributed by atoms with Gasteiger partial charge >= 0.3 is 0 Å². The molecule has 0 aromatic heterocycles. The quantitative estimate of drug-likeness (QED) is 0.339. The van der Waals surface area contributed by atoms with Crippen LogP contribution in [-0.4, -0.2) is 74.7 Å². The number of nitrogens with zero attached hydrogens (tertiary/aromatic N) is 2. The molecule has 2 aromatic rings. The fourth-order valence-electron chi connectivity index (χ4n) is 6.57. The van der Waals surface area contributed by atoms with Gasteiger partial charge in [-0.1, -0.05) is 50.8 Å². The van der Waals surface area contributed by atoms with Crippen molar-refractivity contribution in [2.24, 2.45) is 0 Å².